The molecule has 0 saturated carbocycles. The molecule has 1 aliphatic rings. The molecule has 18 heavy (non-hydrogen) atoms. The van der Waals surface area contributed by atoms with Gasteiger partial charge in [-0.1, -0.05) is 30.3 Å². The zero-order valence-corrected chi connectivity index (χ0v) is 11.4. The first kappa shape index (κ1) is 13.5. The van der Waals surface area contributed by atoms with E-state index in [-0.39, 0.29) is 6.10 Å². The molecule has 0 radical (unpaired) electrons. The van der Waals surface area contributed by atoms with Gasteiger partial charge in [-0.3, -0.25) is 4.18 Å². The average molecular weight is 269 g/mol. The van der Waals surface area contributed by atoms with Gasteiger partial charge in [0.25, 0.3) is 10.1 Å². The standard InChI is InChI=1S/C13H19NO3S/c1-18(15,16)17-13(8-11-14-9-5-10-14)12-6-3-2-4-7-12/h2-4,6-7,13H,5,8-11H2,1H3/t13-/m1/s1. The molecule has 1 aromatic rings. The fourth-order valence-electron chi connectivity index (χ4n) is 2.05. The number of benzene rings is 1. The minimum absolute atomic E-state index is 0.373. The monoisotopic (exact) mass is 269 g/mol. The molecule has 5 heteroatoms. The number of rotatable bonds is 6. The maximum atomic E-state index is 11.3. The van der Waals surface area contributed by atoms with Crippen molar-refractivity contribution in [3.05, 3.63) is 35.9 Å². The lowest BCUT2D eigenvalue weighted by atomic mass is 10.1. The molecule has 1 saturated heterocycles. The molecular weight excluding hydrogens is 250 g/mol. The third-order valence-electron chi connectivity index (χ3n) is 3.12. The Hall–Kier alpha value is -0.910. The van der Waals surface area contributed by atoms with Crippen LogP contribution < -0.4 is 0 Å². The molecule has 0 aliphatic carbocycles. The Bertz CT molecular complexity index is 468. The highest BCUT2D eigenvalue weighted by Gasteiger charge is 2.20. The quantitative estimate of drug-likeness (QED) is 0.739. The molecule has 2 rings (SSSR count). The molecule has 0 N–H and O–H groups in total. The number of hydrogen-bond donors (Lipinski definition) is 0. The lowest BCUT2D eigenvalue weighted by Crippen LogP contribution is -2.38. The largest absolute Gasteiger partial charge is 0.303 e. The third-order valence-corrected chi connectivity index (χ3v) is 3.70. The summed E-state index contributed by atoms with van der Waals surface area (Å²) in [5.41, 5.74) is 0.920. The summed E-state index contributed by atoms with van der Waals surface area (Å²) >= 11 is 0. The summed E-state index contributed by atoms with van der Waals surface area (Å²) in [4.78, 5) is 2.31. The molecule has 1 aliphatic heterocycles. The van der Waals surface area contributed by atoms with Crippen LogP contribution in [0.2, 0.25) is 0 Å². The molecule has 100 valence electrons. The highest BCUT2D eigenvalue weighted by Crippen LogP contribution is 2.24. The second kappa shape index (κ2) is 5.82. The lowest BCUT2D eigenvalue weighted by molar-refractivity contribution is 0.134. The maximum Gasteiger partial charge on any atom is 0.264 e. The van der Waals surface area contributed by atoms with Crippen LogP contribution in [-0.4, -0.2) is 39.2 Å². The smallest absolute Gasteiger partial charge is 0.264 e. The van der Waals surface area contributed by atoms with Gasteiger partial charge < -0.3 is 4.90 Å². The van der Waals surface area contributed by atoms with Crippen molar-refractivity contribution in [2.75, 3.05) is 25.9 Å². The maximum absolute atomic E-state index is 11.3. The Morgan fingerprint density at radius 3 is 2.44 bits per heavy atom. The van der Waals surface area contributed by atoms with Crippen molar-refractivity contribution in [2.24, 2.45) is 0 Å². The van der Waals surface area contributed by atoms with Crippen LogP contribution in [0.15, 0.2) is 30.3 Å². The molecule has 1 atom stereocenters. The fourth-order valence-corrected chi connectivity index (χ4v) is 2.68. The van der Waals surface area contributed by atoms with Crippen LogP contribution >= 0.6 is 0 Å². The summed E-state index contributed by atoms with van der Waals surface area (Å²) in [6, 6.07) is 9.53. The minimum atomic E-state index is -3.43. The number of hydrogen-bond acceptors (Lipinski definition) is 4. The third kappa shape index (κ3) is 4.08. The van der Waals surface area contributed by atoms with Crippen LogP contribution in [0.3, 0.4) is 0 Å². The Morgan fingerprint density at radius 1 is 1.28 bits per heavy atom. The summed E-state index contributed by atoms with van der Waals surface area (Å²) in [6.45, 7) is 3.11. The van der Waals surface area contributed by atoms with Crippen LogP contribution in [0.25, 0.3) is 0 Å². The van der Waals surface area contributed by atoms with Gasteiger partial charge in [-0.05, 0) is 31.5 Å². The van der Waals surface area contributed by atoms with E-state index >= 15 is 0 Å². The second-order valence-electron chi connectivity index (χ2n) is 4.68. The summed E-state index contributed by atoms with van der Waals surface area (Å²) < 4.78 is 27.8. The fraction of sp³-hybridized carbons (Fsp3) is 0.538. The van der Waals surface area contributed by atoms with Crippen LogP contribution in [0.1, 0.15) is 24.5 Å². The van der Waals surface area contributed by atoms with E-state index in [1.807, 2.05) is 30.3 Å². The highest BCUT2D eigenvalue weighted by molar-refractivity contribution is 7.86. The first-order chi connectivity index (χ1) is 8.54. The van der Waals surface area contributed by atoms with Crippen molar-refractivity contribution in [3.8, 4) is 0 Å². The van der Waals surface area contributed by atoms with Crippen molar-refractivity contribution in [2.45, 2.75) is 18.9 Å². The molecule has 0 amide bonds. The molecule has 0 aromatic heterocycles. The van der Waals surface area contributed by atoms with Crippen LogP contribution in [0.5, 0.6) is 0 Å². The van der Waals surface area contributed by atoms with Gasteiger partial charge >= 0.3 is 0 Å². The summed E-state index contributed by atoms with van der Waals surface area (Å²) in [5.74, 6) is 0. The van der Waals surface area contributed by atoms with Gasteiger partial charge in [0.05, 0.1) is 6.26 Å². The summed E-state index contributed by atoms with van der Waals surface area (Å²) in [7, 11) is -3.43. The lowest BCUT2D eigenvalue weighted by Gasteiger charge is -2.31. The van der Waals surface area contributed by atoms with Gasteiger partial charge in [0.15, 0.2) is 0 Å². The predicted octanol–water partition coefficient (Wildman–Crippen LogP) is 1.80. The zero-order valence-electron chi connectivity index (χ0n) is 10.6. The second-order valence-corrected chi connectivity index (χ2v) is 6.28. The summed E-state index contributed by atoms with van der Waals surface area (Å²) in [6.07, 6.45) is 2.67. The van der Waals surface area contributed by atoms with E-state index in [4.69, 9.17) is 4.18 Å². The van der Waals surface area contributed by atoms with Gasteiger partial charge in [-0.15, -0.1) is 0 Å². The predicted molar refractivity (Wildman–Crippen MR) is 70.8 cm³/mol. The van der Waals surface area contributed by atoms with Crippen LogP contribution in [-0.2, 0) is 14.3 Å². The van der Waals surface area contributed by atoms with Gasteiger partial charge in [0.1, 0.15) is 6.10 Å². The first-order valence-corrected chi connectivity index (χ1v) is 8.02. The van der Waals surface area contributed by atoms with Crippen molar-refractivity contribution < 1.29 is 12.6 Å². The molecule has 4 nitrogen and oxygen atoms in total. The van der Waals surface area contributed by atoms with Gasteiger partial charge in [0.2, 0.25) is 0 Å². The molecule has 1 aromatic carbocycles. The van der Waals surface area contributed by atoms with E-state index in [9.17, 15) is 8.42 Å². The van der Waals surface area contributed by atoms with Crippen LogP contribution in [0, 0.1) is 0 Å². The van der Waals surface area contributed by atoms with E-state index in [1.54, 1.807) is 0 Å². The Balaban J connectivity index is 2.02. The summed E-state index contributed by atoms with van der Waals surface area (Å²) in [5, 5.41) is 0. The molecule has 0 spiro atoms. The van der Waals surface area contributed by atoms with Crippen molar-refractivity contribution in [1.29, 1.82) is 0 Å². The zero-order chi connectivity index (χ0) is 13.0. The molecule has 0 bridgehead atoms. The number of likely N-dealkylation sites (tertiary alicyclic amines) is 1. The van der Waals surface area contributed by atoms with Crippen molar-refractivity contribution >= 4 is 10.1 Å². The molecule has 1 fully saturated rings. The Kier molecular flexibility index (Phi) is 4.37. The topological polar surface area (TPSA) is 46.6 Å². The SMILES string of the molecule is CS(=O)(=O)O[C@H](CCN1CCC1)c1ccccc1. The van der Waals surface area contributed by atoms with Crippen molar-refractivity contribution in [1.82, 2.24) is 4.90 Å². The highest BCUT2D eigenvalue weighted by atomic mass is 32.2. The Labute approximate surface area is 109 Å². The van der Waals surface area contributed by atoms with Crippen molar-refractivity contribution in [3.63, 3.8) is 0 Å². The van der Waals surface area contributed by atoms with E-state index in [0.29, 0.717) is 6.42 Å². The van der Waals surface area contributed by atoms with Gasteiger partial charge in [-0.25, -0.2) is 0 Å². The Morgan fingerprint density at radius 2 is 1.94 bits per heavy atom. The normalized spacial score (nSPS) is 18.3. The minimum Gasteiger partial charge on any atom is -0.303 e. The molecule has 0 unspecified atom stereocenters. The van der Waals surface area contributed by atoms with E-state index in [1.165, 1.54) is 6.42 Å². The molecule has 1 heterocycles. The average Bonchev–Trinajstić information content (AvgIpc) is 2.25. The van der Waals surface area contributed by atoms with E-state index in [0.717, 1.165) is 31.5 Å². The molecular formula is C13H19NO3S. The van der Waals surface area contributed by atoms with Crippen LogP contribution in [0.4, 0.5) is 0 Å². The van der Waals surface area contributed by atoms with E-state index < -0.39 is 10.1 Å². The number of nitrogens with zero attached hydrogens (tertiary/aromatic N) is 1. The first-order valence-electron chi connectivity index (χ1n) is 6.20. The van der Waals surface area contributed by atoms with Gasteiger partial charge in [0, 0.05) is 6.54 Å². The van der Waals surface area contributed by atoms with E-state index in [2.05, 4.69) is 4.90 Å². The van der Waals surface area contributed by atoms with Gasteiger partial charge in [-0.2, -0.15) is 8.42 Å².